The molecule has 0 bridgehead atoms. The van der Waals surface area contributed by atoms with Gasteiger partial charge in [-0.15, -0.1) is 0 Å². The van der Waals surface area contributed by atoms with Gasteiger partial charge in [0.05, 0.1) is 5.56 Å². The van der Waals surface area contributed by atoms with Crippen LogP contribution >= 0.6 is 0 Å². The van der Waals surface area contributed by atoms with Crippen molar-refractivity contribution in [2.24, 2.45) is 7.05 Å². The topological polar surface area (TPSA) is 42.3 Å². The molecule has 3 rings (SSSR count). The fourth-order valence-electron chi connectivity index (χ4n) is 3.19. The molecule has 1 heterocycles. The SMILES string of the molecule is CCN(Cc1ccccc1)C(=O)C(=O)c1c(C)n(C)c2ccccc12. The molecule has 3 aromatic rings. The van der Waals surface area contributed by atoms with E-state index in [4.69, 9.17) is 0 Å². The molecular weight excluding hydrogens is 312 g/mol. The summed E-state index contributed by atoms with van der Waals surface area (Å²) in [7, 11) is 1.92. The monoisotopic (exact) mass is 334 g/mol. The lowest BCUT2D eigenvalue weighted by Gasteiger charge is -2.20. The van der Waals surface area contributed by atoms with Crippen molar-refractivity contribution in [2.75, 3.05) is 6.54 Å². The van der Waals surface area contributed by atoms with Gasteiger partial charge in [-0.1, -0.05) is 48.5 Å². The van der Waals surface area contributed by atoms with Crippen LogP contribution < -0.4 is 0 Å². The summed E-state index contributed by atoms with van der Waals surface area (Å²) in [6, 6.07) is 17.4. The van der Waals surface area contributed by atoms with Gasteiger partial charge in [0, 0.05) is 36.7 Å². The number of para-hydroxylation sites is 1. The van der Waals surface area contributed by atoms with Crippen LogP contribution in [0.15, 0.2) is 54.6 Å². The van der Waals surface area contributed by atoms with Crippen LogP contribution in [0.2, 0.25) is 0 Å². The Labute approximate surface area is 147 Å². The van der Waals surface area contributed by atoms with Gasteiger partial charge in [-0.25, -0.2) is 0 Å². The molecule has 4 heteroatoms. The van der Waals surface area contributed by atoms with Crippen molar-refractivity contribution < 1.29 is 9.59 Å². The minimum Gasteiger partial charge on any atom is -0.347 e. The van der Waals surface area contributed by atoms with E-state index < -0.39 is 11.7 Å². The summed E-state index contributed by atoms with van der Waals surface area (Å²) < 4.78 is 1.96. The number of aromatic nitrogens is 1. The van der Waals surface area contributed by atoms with Crippen LogP contribution in [0.3, 0.4) is 0 Å². The van der Waals surface area contributed by atoms with E-state index in [1.165, 1.54) is 0 Å². The molecule has 0 radical (unpaired) electrons. The fraction of sp³-hybridized carbons (Fsp3) is 0.238. The van der Waals surface area contributed by atoms with Gasteiger partial charge in [-0.05, 0) is 25.5 Å². The smallest absolute Gasteiger partial charge is 0.295 e. The molecule has 1 aromatic heterocycles. The molecule has 0 saturated carbocycles. The lowest BCUT2D eigenvalue weighted by molar-refractivity contribution is -0.126. The van der Waals surface area contributed by atoms with Crippen LogP contribution in [0.4, 0.5) is 0 Å². The van der Waals surface area contributed by atoms with E-state index in [2.05, 4.69) is 0 Å². The van der Waals surface area contributed by atoms with Crippen molar-refractivity contribution in [3.63, 3.8) is 0 Å². The lowest BCUT2D eigenvalue weighted by Crippen LogP contribution is -2.36. The molecule has 0 atom stereocenters. The van der Waals surface area contributed by atoms with Crippen molar-refractivity contribution in [3.8, 4) is 0 Å². The van der Waals surface area contributed by atoms with Gasteiger partial charge in [0.1, 0.15) is 0 Å². The van der Waals surface area contributed by atoms with Crippen molar-refractivity contribution in [1.29, 1.82) is 0 Å². The number of rotatable bonds is 5. The Hall–Kier alpha value is -2.88. The van der Waals surface area contributed by atoms with E-state index in [0.717, 1.165) is 22.2 Å². The van der Waals surface area contributed by atoms with Gasteiger partial charge in [-0.3, -0.25) is 9.59 Å². The number of carbonyl (C=O) groups excluding carboxylic acids is 2. The van der Waals surface area contributed by atoms with Gasteiger partial charge >= 0.3 is 0 Å². The maximum atomic E-state index is 13.0. The highest BCUT2D eigenvalue weighted by molar-refractivity contribution is 6.45. The Morgan fingerprint density at radius 2 is 1.64 bits per heavy atom. The highest BCUT2D eigenvalue weighted by Crippen LogP contribution is 2.25. The Bertz CT molecular complexity index is 926. The number of nitrogens with zero attached hydrogens (tertiary/aromatic N) is 2. The predicted molar refractivity (Wildman–Crippen MR) is 99.5 cm³/mol. The average Bonchev–Trinajstić information content (AvgIpc) is 2.90. The first-order valence-electron chi connectivity index (χ1n) is 8.46. The molecule has 128 valence electrons. The summed E-state index contributed by atoms with van der Waals surface area (Å²) in [5, 5.41) is 0.830. The largest absolute Gasteiger partial charge is 0.347 e. The Morgan fingerprint density at radius 1 is 1.00 bits per heavy atom. The molecule has 0 aliphatic heterocycles. The van der Waals surface area contributed by atoms with E-state index in [9.17, 15) is 9.59 Å². The highest BCUT2D eigenvalue weighted by Gasteiger charge is 2.27. The zero-order valence-electron chi connectivity index (χ0n) is 14.8. The second kappa shape index (κ2) is 6.93. The van der Waals surface area contributed by atoms with Gasteiger partial charge in [0.2, 0.25) is 0 Å². The summed E-state index contributed by atoms with van der Waals surface area (Å²) in [6.07, 6.45) is 0. The maximum Gasteiger partial charge on any atom is 0.295 e. The zero-order valence-corrected chi connectivity index (χ0v) is 14.8. The molecule has 0 unspecified atom stereocenters. The van der Waals surface area contributed by atoms with Crippen molar-refractivity contribution >= 4 is 22.6 Å². The third-order valence-corrected chi connectivity index (χ3v) is 4.71. The molecular formula is C21H22N2O2. The van der Waals surface area contributed by atoms with Crippen molar-refractivity contribution in [2.45, 2.75) is 20.4 Å². The maximum absolute atomic E-state index is 13.0. The molecule has 25 heavy (non-hydrogen) atoms. The van der Waals surface area contributed by atoms with E-state index in [1.807, 2.05) is 80.1 Å². The summed E-state index contributed by atoms with van der Waals surface area (Å²) in [4.78, 5) is 27.4. The summed E-state index contributed by atoms with van der Waals surface area (Å²) in [5.74, 6) is -0.891. The standard InChI is InChI=1S/C21H22N2O2/c1-4-23(14-16-10-6-5-7-11-16)21(25)20(24)19-15(2)22(3)18-13-9-8-12-17(18)19/h5-13H,4,14H2,1-3H3. The van der Waals surface area contributed by atoms with Gasteiger partial charge in [0.25, 0.3) is 11.7 Å². The second-order valence-corrected chi connectivity index (χ2v) is 6.17. The first kappa shape index (κ1) is 17.0. The Morgan fingerprint density at radius 3 is 2.32 bits per heavy atom. The quantitative estimate of drug-likeness (QED) is 0.527. The number of amides is 1. The van der Waals surface area contributed by atoms with Crippen LogP contribution in [-0.4, -0.2) is 27.7 Å². The number of Topliss-reactive ketones (excluding diaryl/α,β-unsaturated/α-hetero) is 1. The second-order valence-electron chi connectivity index (χ2n) is 6.17. The summed E-state index contributed by atoms with van der Waals surface area (Å²) >= 11 is 0. The van der Waals surface area contributed by atoms with E-state index in [0.29, 0.717) is 18.7 Å². The Kier molecular flexibility index (Phi) is 4.70. The zero-order chi connectivity index (χ0) is 18.0. The third-order valence-electron chi connectivity index (χ3n) is 4.71. The molecule has 0 fully saturated rings. The number of benzene rings is 2. The molecule has 0 saturated heterocycles. The number of likely N-dealkylation sites (N-methyl/N-ethyl adjacent to an activating group) is 1. The van der Waals surface area contributed by atoms with E-state index in [1.54, 1.807) is 4.90 Å². The molecule has 2 aromatic carbocycles. The summed E-state index contributed by atoms with van der Waals surface area (Å²) in [6.45, 7) is 4.70. The van der Waals surface area contributed by atoms with Crippen LogP contribution in [0.25, 0.3) is 10.9 Å². The average molecular weight is 334 g/mol. The normalized spacial score (nSPS) is 10.8. The molecule has 0 N–H and O–H groups in total. The molecule has 0 spiro atoms. The highest BCUT2D eigenvalue weighted by atomic mass is 16.2. The molecule has 0 aliphatic carbocycles. The third kappa shape index (κ3) is 3.07. The first-order valence-corrected chi connectivity index (χ1v) is 8.46. The van der Waals surface area contributed by atoms with Crippen molar-refractivity contribution in [1.82, 2.24) is 9.47 Å². The summed E-state index contributed by atoms with van der Waals surface area (Å²) in [5.41, 5.74) is 3.30. The number of aryl methyl sites for hydroxylation is 1. The lowest BCUT2D eigenvalue weighted by atomic mass is 10.1. The van der Waals surface area contributed by atoms with Crippen LogP contribution in [-0.2, 0) is 18.4 Å². The van der Waals surface area contributed by atoms with Crippen LogP contribution in [0, 0.1) is 6.92 Å². The van der Waals surface area contributed by atoms with E-state index in [-0.39, 0.29) is 0 Å². The van der Waals surface area contributed by atoms with Gasteiger partial charge in [-0.2, -0.15) is 0 Å². The molecule has 0 aliphatic rings. The number of carbonyl (C=O) groups is 2. The Balaban J connectivity index is 1.94. The van der Waals surface area contributed by atoms with Crippen LogP contribution in [0.5, 0.6) is 0 Å². The first-order chi connectivity index (χ1) is 12.0. The van der Waals surface area contributed by atoms with Gasteiger partial charge in [0.15, 0.2) is 0 Å². The molecule has 4 nitrogen and oxygen atoms in total. The van der Waals surface area contributed by atoms with E-state index >= 15 is 0 Å². The number of hydrogen-bond donors (Lipinski definition) is 0. The minimum absolute atomic E-state index is 0.436. The van der Waals surface area contributed by atoms with Crippen molar-refractivity contribution in [3.05, 3.63) is 71.4 Å². The number of ketones is 1. The number of fused-ring (bicyclic) bond motifs is 1. The van der Waals surface area contributed by atoms with Gasteiger partial charge < -0.3 is 9.47 Å². The predicted octanol–water partition coefficient (Wildman–Crippen LogP) is 3.72. The number of hydrogen-bond acceptors (Lipinski definition) is 2. The minimum atomic E-state index is -0.453. The fourth-order valence-corrected chi connectivity index (χ4v) is 3.19. The molecule has 1 amide bonds. The van der Waals surface area contributed by atoms with Crippen LogP contribution in [0.1, 0.15) is 28.5 Å².